The average Bonchev–Trinajstić information content (AvgIpc) is 2.61. The van der Waals surface area contributed by atoms with Crippen LogP contribution < -0.4 is 5.32 Å². The quantitative estimate of drug-likeness (QED) is 0.680. The summed E-state index contributed by atoms with van der Waals surface area (Å²) in [4.78, 5) is 28.0. The molecular weight excluding hydrogens is 386 g/mol. The number of rotatable bonds is 8. The maximum absolute atomic E-state index is 12.3. The van der Waals surface area contributed by atoms with E-state index in [1.807, 2.05) is 31.2 Å². The molecule has 1 aliphatic rings. The van der Waals surface area contributed by atoms with Crippen molar-refractivity contribution < 1.29 is 18.0 Å². The van der Waals surface area contributed by atoms with Gasteiger partial charge in [-0.2, -0.15) is 0 Å². The summed E-state index contributed by atoms with van der Waals surface area (Å²) in [5, 5.41) is 2.81. The predicted molar refractivity (Wildman–Crippen MR) is 110 cm³/mol. The first kappa shape index (κ1) is 21.7. The van der Waals surface area contributed by atoms with E-state index >= 15 is 0 Å². The van der Waals surface area contributed by atoms with E-state index in [9.17, 15) is 18.0 Å². The summed E-state index contributed by atoms with van der Waals surface area (Å²) in [5.41, 5.74) is 1.88. The summed E-state index contributed by atoms with van der Waals surface area (Å²) in [5.74, 6) is 0.541. The van der Waals surface area contributed by atoms with E-state index in [0.29, 0.717) is 32.7 Å². The molecule has 1 fully saturated rings. The number of piperazine rings is 1. The van der Waals surface area contributed by atoms with Crippen LogP contribution in [-0.4, -0.2) is 86.3 Å². The molecule has 1 N–H and O–H groups in total. The normalized spacial score (nSPS) is 15.6. The van der Waals surface area contributed by atoms with Gasteiger partial charge in [-0.05, 0) is 19.1 Å². The number of hydrogen-bond acceptors (Lipinski definition) is 6. The van der Waals surface area contributed by atoms with E-state index in [1.54, 1.807) is 4.90 Å². The Morgan fingerprint density at radius 1 is 1.07 bits per heavy atom. The van der Waals surface area contributed by atoms with Crippen LogP contribution in [0.1, 0.15) is 5.56 Å². The SMILES string of the molecule is Cc1ccc(NC(=O)CSCC(=O)N2CCN(CCS(C)(=O)=O)CC2)cc1. The van der Waals surface area contributed by atoms with Crippen LogP contribution in [0.4, 0.5) is 5.69 Å². The Kier molecular flexibility index (Phi) is 8.12. The molecule has 2 rings (SSSR count). The van der Waals surface area contributed by atoms with Gasteiger partial charge in [-0.1, -0.05) is 17.7 Å². The average molecular weight is 414 g/mol. The highest BCUT2D eigenvalue weighted by atomic mass is 32.2. The molecule has 0 aliphatic carbocycles. The van der Waals surface area contributed by atoms with Gasteiger partial charge in [0.15, 0.2) is 0 Å². The minimum atomic E-state index is -2.96. The standard InChI is InChI=1S/C18H27N3O4S2/c1-15-3-5-16(6-4-15)19-17(22)13-26-14-18(23)21-9-7-20(8-10-21)11-12-27(2,24)25/h3-6H,7-14H2,1-2H3,(H,19,22). The van der Waals surface area contributed by atoms with Crippen molar-refractivity contribution in [3.63, 3.8) is 0 Å². The molecule has 9 heteroatoms. The Balaban J connectivity index is 1.63. The molecule has 0 atom stereocenters. The van der Waals surface area contributed by atoms with Crippen molar-refractivity contribution in [1.82, 2.24) is 9.80 Å². The first-order chi connectivity index (χ1) is 12.7. The third-order valence-corrected chi connectivity index (χ3v) is 6.14. The van der Waals surface area contributed by atoms with Gasteiger partial charge >= 0.3 is 0 Å². The fourth-order valence-corrected chi connectivity index (χ4v) is 3.98. The summed E-state index contributed by atoms with van der Waals surface area (Å²) in [7, 11) is -2.96. The van der Waals surface area contributed by atoms with Gasteiger partial charge in [0.1, 0.15) is 9.84 Å². The molecule has 2 amide bonds. The fraction of sp³-hybridized carbons (Fsp3) is 0.556. The van der Waals surface area contributed by atoms with Gasteiger partial charge in [0.2, 0.25) is 11.8 Å². The Labute approximate surface area is 165 Å². The lowest BCUT2D eigenvalue weighted by molar-refractivity contribution is -0.130. The fourth-order valence-electron chi connectivity index (χ4n) is 2.67. The molecule has 0 saturated carbocycles. The van der Waals surface area contributed by atoms with Gasteiger partial charge < -0.3 is 10.2 Å². The predicted octanol–water partition coefficient (Wildman–Crippen LogP) is 0.856. The lowest BCUT2D eigenvalue weighted by atomic mass is 10.2. The monoisotopic (exact) mass is 413 g/mol. The van der Waals surface area contributed by atoms with E-state index in [2.05, 4.69) is 10.2 Å². The minimum absolute atomic E-state index is 0.0194. The number of nitrogens with one attached hydrogen (secondary N) is 1. The van der Waals surface area contributed by atoms with Crippen LogP contribution in [0.3, 0.4) is 0 Å². The van der Waals surface area contributed by atoms with Crippen LogP contribution in [0.15, 0.2) is 24.3 Å². The number of aryl methyl sites for hydroxylation is 1. The first-order valence-electron chi connectivity index (χ1n) is 8.85. The third kappa shape index (κ3) is 8.32. The maximum atomic E-state index is 12.3. The summed E-state index contributed by atoms with van der Waals surface area (Å²) >= 11 is 1.30. The molecule has 150 valence electrons. The minimum Gasteiger partial charge on any atom is -0.339 e. The summed E-state index contributed by atoms with van der Waals surface area (Å²) in [6.45, 7) is 5.05. The third-order valence-electron chi connectivity index (χ3n) is 4.30. The van der Waals surface area contributed by atoms with Crippen molar-refractivity contribution in [2.24, 2.45) is 0 Å². The highest BCUT2D eigenvalue weighted by molar-refractivity contribution is 8.00. The summed E-state index contributed by atoms with van der Waals surface area (Å²) in [6.07, 6.45) is 1.24. The zero-order chi connectivity index (χ0) is 19.9. The van der Waals surface area contributed by atoms with Crippen LogP contribution >= 0.6 is 11.8 Å². The van der Waals surface area contributed by atoms with Gasteiger partial charge in [-0.15, -0.1) is 11.8 Å². The molecule has 1 aromatic carbocycles. The zero-order valence-electron chi connectivity index (χ0n) is 15.8. The Morgan fingerprint density at radius 3 is 2.30 bits per heavy atom. The van der Waals surface area contributed by atoms with E-state index in [0.717, 1.165) is 11.3 Å². The number of thioether (sulfide) groups is 1. The molecule has 0 aromatic heterocycles. The molecule has 0 spiro atoms. The molecule has 0 radical (unpaired) electrons. The number of carbonyl (C=O) groups is 2. The topological polar surface area (TPSA) is 86.8 Å². The Bertz CT molecular complexity index is 742. The van der Waals surface area contributed by atoms with E-state index in [-0.39, 0.29) is 29.1 Å². The molecule has 1 saturated heterocycles. The highest BCUT2D eigenvalue weighted by Gasteiger charge is 2.21. The van der Waals surface area contributed by atoms with Gasteiger partial charge in [0.05, 0.1) is 17.3 Å². The van der Waals surface area contributed by atoms with Crippen LogP contribution in [0.25, 0.3) is 0 Å². The number of benzene rings is 1. The molecule has 1 heterocycles. The van der Waals surface area contributed by atoms with Gasteiger partial charge in [0, 0.05) is 44.7 Å². The van der Waals surface area contributed by atoms with E-state index in [1.165, 1.54) is 18.0 Å². The Hall–Kier alpha value is -1.58. The second kappa shape index (κ2) is 10.1. The number of carbonyl (C=O) groups excluding carboxylic acids is 2. The van der Waals surface area contributed by atoms with Crippen molar-refractivity contribution >= 4 is 39.1 Å². The maximum Gasteiger partial charge on any atom is 0.234 e. The van der Waals surface area contributed by atoms with Crippen LogP contribution in [0.5, 0.6) is 0 Å². The molecule has 27 heavy (non-hydrogen) atoms. The van der Waals surface area contributed by atoms with Gasteiger partial charge in [-0.3, -0.25) is 14.5 Å². The molecule has 7 nitrogen and oxygen atoms in total. The summed E-state index contributed by atoms with van der Waals surface area (Å²) in [6, 6.07) is 7.57. The molecule has 1 aliphatic heterocycles. The molecule has 0 bridgehead atoms. The van der Waals surface area contributed by atoms with E-state index in [4.69, 9.17) is 0 Å². The molecule has 1 aromatic rings. The lowest BCUT2D eigenvalue weighted by Gasteiger charge is -2.34. The number of sulfone groups is 1. The zero-order valence-corrected chi connectivity index (χ0v) is 17.4. The van der Waals surface area contributed by atoms with Crippen molar-refractivity contribution in [3.8, 4) is 0 Å². The second-order valence-corrected chi connectivity index (χ2v) is 10.0. The molecular formula is C18H27N3O4S2. The largest absolute Gasteiger partial charge is 0.339 e. The van der Waals surface area contributed by atoms with Crippen molar-refractivity contribution in [2.75, 3.05) is 61.6 Å². The van der Waals surface area contributed by atoms with Crippen LogP contribution in [-0.2, 0) is 19.4 Å². The number of anilines is 1. The second-order valence-electron chi connectivity index (χ2n) is 6.76. The number of amides is 2. The van der Waals surface area contributed by atoms with Gasteiger partial charge in [0.25, 0.3) is 0 Å². The lowest BCUT2D eigenvalue weighted by Crippen LogP contribution is -2.50. The van der Waals surface area contributed by atoms with Crippen molar-refractivity contribution in [2.45, 2.75) is 6.92 Å². The van der Waals surface area contributed by atoms with Crippen molar-refractivity contribution in [1.29, 1.82) is 0 Å². The van der Waals surface area contributed by atoms with Crippen LogP contribution in [0, 0.1) is 6.92 Å². The smallest absolute Gasteiger partial charge is 0.234 e. The first-order valence-corrected chi connectivity index (χ1v) is 12.1. The molecule has 0 unspecified atom stereocenters. The number of hydrogen-bond donors (Lipinski definition) is 1. The van der Waals surface area contributed by atoms with Crippen LogP contribution in [0.2, 0.25) is 0 Å². The van der Waals surface area contributed by atoms with Gasteiger partial charge in [-0.25, -0.2) is 8.42 Å². The number of nitrogens with zero attached hydrogens (tertiary/aromatic N) is 2. The highest BCUT2D eigenvalue weighted by Crippen LogP contribution is 2.11. The van der Waals surface area contributed by atoms with Crippen molar-refractivity contribution in [3.05, 3.63) is 29.8 Å². The summed E-state index contributed by atoms with van der Waals surface area (Å²) < 4.78 is 22.4. The van der Waals surface area contributed by atoms with E-state index < -0.39 is 9.84 Å². The Morgan fingerprint density at radius 2 is 1.70 bits per heavy atom.